The fourth-order valence-corrected chi connectivity index (χ4v) is 4.10. The van der Waals surface area contributed by atoms with Crippen LogP contribution in [0.15, 0.2) is 29.7 Å². The number of hydrogen-bond donors (Lipinski definition) is 0. The normalized spacial score (nSPS) is 15.3. The van der Waals surface area contributed by atoms with Gasteiger partial charge in [-0.25, -0.2) is 13.4 Å². The highest BCUT2D eigenvalue weighted by molar-refractivity contribution is 7.89. The van der Waals surface area contributed by atoms with Crippen LogP contribution < -0.4 is 9.47 Å². The van der Waals surface area contributed by atoms with E-state index in [1.807, 2.05) is 12.1 Å². The minimum Gasteiger partial charge on any atom is -0.493 e. The van der Waals surface area contributed by atoms with Gasteiger partial charge in [-0.05, 0) is 29.7 Å². The monoisotopic (exact) mass is 337 g/mol. The highest BCUT2D eigenvalue weighted by Crippen LogP contribution is 2.34. The SMILES string of the molecule is COc1cc2c(cc1OC)CN(S(=O)(=O)c1cn(C)cn1)CC2. The predicted molar refractivity (Wildman–Crippen MR) is 84.1 cm³/mol. The van der Waals surface area contributed by atoms with Gasteiger partial charge in [0.15, 0.2) is 16.5 Å². The first-order valence-electron chi connectivity index (χ1n) is 7.17. The number of rotatable bonds is 4. The second kappa shape index (κ2) is 5.86. The molecule has 8 heteroatoms. The Hall–Kier alpha value is -2.06. The summed E-state index contributed by atoms with van der Waals surface area (Å²) in [5, 5.41) is 0.0731. The maximum Gasteiger partial charge on any atom is 0.262 e. The van der Waals surface area contributed by atoms with Gasteiger partial charge in [0.2, 0.25) is 0 Å². The molecule has 0 aliphatic carbocycles. The highest BCUT2D eigenvalue weighted by Gasteiger charge is 2.30. The number of aromatic nitrogens is 2. The molecule has 124 valence electrons. The molecule has 0 fully saturated rings. The van der Waals surface area contributed by atoms with Crippen molar-refractivity contribution >= 4 is 10.0 Å². The molecular formula is C15H19N3O4S. The van der Waals surface area contributed by atoms with Crippen LogP contribution in [-0.2, 0) is 30.0 Å². The number of sulfonamides is 1. The summed E-state index contributed by atoms with van der Waals surface area (Å²) >= 11 is 0. The van der Waals surface area contributed by atoms with Gasteiger partial charge in [0.05, 0.1) is 20.5 Å². The lowest BCUT2D eigenvalue weighted by atomic mass is 10.0. The summed E-state index contributed by atoms with van der Waals surface area (Å²) in [6.07, 6.45) is 3.62. The zero-order chi connectivity index (χ0) is 16.6. The summed E-state index contributed by atoms with van der Waals surface area (Å²) in [4.78, 5) is 3.97. The average Bonchev–Trinajstić information content (AvgIpc) is 3.00. The number of hydrogen-bond acceptors (Lipinski definition) is 5. The summed E-state index contributed by atoms with van der Waals surface area (Å²) in [7, 11) is 1.31. The number of imidazole rings is 1. The zero-order valence-electron chi connectivity index (χ0n) is 13.3. The molecule has 0 saturated heterocycles. The van der Waals surface area contributed by atoms with Gasteiger partial charge in [-0.15, -0.1) is 0 Å². The molecule has 2 heterocycles. The van der Waals surface area contributed by atoms with Crippen LogP contribution in [0.1, 0.15) is 11.1 Å². The van der Waals surface area contributed by atoms with E-state index in [1.54, 1.807) is 25.8 Å². The first kappa shape index (κ1) is 15.8. The third-order valence-electron chi connectivity index (χ3n) is 3.97. The molecule has 0 N–H and O–H groups in total. The Balaban J connectivity index is 1.93. The largest absolute Gasteiger partial charge is 0.493 e. The molecule has 3 rings (SSSR count). The summed E-state index contributed by atoms with van der Waals surface area (Å²) in [6, 6.07) is 3.76. The van der Waals surface area contributed by atoms with Gasteiger partial charge >= 0.3 is 0 Å². The second-order valence-electron chi connectivity index (χ2n) is 5.44. The van der Waals surface area contributed by atoms with E-state index in [0.29, 0.717) is 31.0 Å². The van der Waals surface area contributed by atoms with E-state index in [9.17, 15) is 8.42 Å². The second-order valence-corrected chi connectivity index (χ2v) is 7.33. The van der Waals surface area contributed by atoms with Crippen molar-refractivity contribution in [3.8, 4) is 11.5 Å². The van der Waals surface area contributed by atoms with Crippen LogP contribution in [0.5, 0.6) is 11.5 Å². The molecule has 0 unspecified atom stereocenters. The molecule has 0 saturated carbocycles. The number of fused-ring (bicyclic) bond motifs is 1. The van der Waals surface area contributed by atoms with Crippen LogP contribution in [0.25, 0.3) is 0 Å². The molecule has 7 nitrogen and oxygen atoms in total. The van der Waals surface area contributed by atoms with Crippen molar-refractivity contribution in [1.82, 2.24) is 13.9 Å². The van der Waals surface area contributed by atoms with Gasteiger partial charge in [-0.2, -0.15) is 4.31 Å². The Morgan fingerprint density at radius 2 is 1.78 bits per heavy atom. The van der Waals surface area contributed by atoms with E-state index in [2.05, 4.69) is 4.98 Å². The van der Waals surface area contributed by atoms with Crippen molar-refractivity contribution < 1.29 is 17.9 Å². The molecule has 0 atom stereocenters. The number of methoxy groups -OCH3 is 2. The van der Waals surface area contributed by atoms with E-state index in [4.69, 9.17) is 9.47 Å². The molecule has 1 aromatic heterocycles. The smallest absolute Gasteiger partial charge is 0.262 e. The van der Waals surface area contributed by atoms with Crippen molar-refractivity contribution in [3.05, 3.63) is 35.8 Å². The van der Waals surface area contributed by atoms with Crippen molar-refractivity contribution in [1.29, 1.82) is 0 Å². The number of benzene rings is 1. The van der Waals surface area contributed by atoms with E-state index in [1.165, 1.54) is 16.8 Å². The minimum absolute atomic E-state index is 0.0731. The number of nitrogens with zero attached hydrogens (tertiary/aromatic N) is 3. The molecule has 23 heavy (non-hydrogen) atoms. The Morgan fingerprint density at radius 3 is 2.35 bits per heavy atom. The highest BCUT2D eigenvalue weighted by atomic mass is 32.2. The lowest BCUT2D eigenvalue weighted by molar-refractivity contribution is 0.348. The van der Waals surface area contributed by atoms with Gasteiger partial charge in [-0.3, -0.25) is 0 Å². The van der Waals surface area contributed by atoms with Crippen LogP contribution in [0, 0.1) is 0 Å². The van der Waals surface area contributed by atoms with Gasteiger partial charge in [-0.1, -0.05) is 0 Å². The Morgan fingerprint density at radius 1 is 1.13 bits per heavy atom. The summed E-state index contributed by atoms with van der Waals surface area (Å²) in [6.45, 7) is 0.718. The summed E-state index contributed by atoms with van der Waals surface area (Å²) in [5.41, 5.74) is 2.00. The van der Waals surface area contributed by atoms with Crippen LogP contribution in [0.4, 0.5) is 0 Å². The van der Waals surface area contributed by atoms with E-state index in [0.717, 1.165) is 11.1 Å². The Kier molecular flexibility index (Phi) is 4.03. The van der Waals surface area contributed by atoms with Gasteiger partial charge in [0.1, 0.15) is 0 Å². The standard InChI is InChI=1S/C15H19N3O4S/c1-17-9-15(16-10-17)23(19,20)18-5-4-11-6-13(21-2)14(22-3)7-12(11)8-18/h6-7,9-10H,4-5,8H2,1-3H3. The first-order chi connectivity index (χ1) is 11.0. The first-order valence-corrected chi connectivity index (χ1v) is 8.61. The average molecular weight is 337 g/mol. The zero-order valence-corrected chi connectivity index (χ0v) is 14.1. The number of ether oxygens (including phenoxy) is 2. The van der Waals surface area contributed by atoms with Crippen LogP contribution >= 0.6 is 0 Å². The van der Waals surface area contributed by atoms with Gasteiger partial charge < -0.3 is 14.0 Å². The van der Waals surface area contributed by atoms with E-state index >= 15 is 0 Å². The quantitative estimate of drug-likeness (QED) is 0.838. The van der Waals surface area contributed by atoms with E-state index in [-0.39, 0.29) is 5.03 Å². The van der Waals surface area contributed by atoms with Crippen LogP contribution in [-0.4, -0.2) is 43.0 Å². The lowest BCUT2D eigenvalue weighted by Crippen LogP contribution is -2.36. The maximum absolute atomic E-state index is 12.7. The topological polar surface area (TPSA) is 73.7 Å². The maximum atomic E-state index is 12.7. The van der Waals surface area contributed by atoms with Crippen molar-refractivity contribution in [2.24, 2.45) is 7.05 Å². The predicted octanol–water partition coefficient (Wildman–Crippen LogP) is 1.18. The van der Waals surface area contributed by atoms with Crippen LogP contribution in [0.3, 0.4) is 0 Å². The molecule has 1 aliphatic heterocycles. The van der Waals surface area contributed by atoms with Crippen molar-refractivity contribution in [2.45, 2.75) is 18.0 Å². The molecule has 1 aliphatic rings. The third kappa shape index (κ3) is 2.79. The summed E-state index contributed by atoms with van der Waals surface area (Å²) in [5.74, 6) is 1.26. The number of aryl methyl sites for hydroxylation is 1. The summed E-state index contributed by atoms with van der Waals surface area (Å²) < 4.78 is 39.0. The van der Waals surface area contributed by atoms with Crippen molar-refractivity contribution in [2.75, 3.05) is 20.8 Å². The lowest BCUT2D eigenvalue weighted by Gasteiger charge is -2.28. The molecule has 2 aromatic rings. The fraction of sp³-hybridized carbons (Fsp3) is 0.400. The molecular weight excluding hydrogens is 318 g/mol. The molecule has 0 bridgehead atoms. The molecule has 0 spiro atoms. The fourth-order valence-electron chi connectivity index (χ4n) is 2.72. The molecule has 0 amide bonds. The molecule has 1 aromatic carbocycles. The van der Waals surface area contributed by atoms with E-state index < -0.39 is 10.0 Å². The molecule has 0 radical (unpaired) electrons. The Bertz CT molecular complexity index is 829. The van der Waals surface area contributed by atoms with Crippen LogP contribution in [0.2, 0.25) is 0 Å². The Labute approximate surface area is 135 Å². The van der Waals surface area contributed by atoms with Gasteiger partial charge in [0.25, 0.3) is 10.0 Å². The van der Waals surface area contributed by atoms with Crippen molar-refractivity contribution in [3.63, 3.8) is 0 Å². The third-order valence-corrected chi connectivity index (χ3v) is 5.70. The minimum atomic E-state index is -3.59. The van der Waals surface area contributed by atoms with Gasteiger partial charge in [0, 0.05) is 26.3 Å².